The number of ether oxygens (including phenoxy) is 1. The second-order valence-corrected chi connectivity index (χ2v) is 8.69. The molecule has 166 valence electrons. The quantitative estimate of drug-likeness (QED) is 0.265. The number of hydrogen-bond acceptors (Lipinski definition) is 4. The molecule has 0 amide bonds. The number of nitrogens with two attached hydrogens (primary N) is 1. The maximum absolute atomic E-state index is 12.8. The Hall–Kier alpha value is -2.84. The maximum Gasteiger partial charge on any atom is 0.454 e. The summed E-state index contributed by atoms with van der Waals surface area (Å²) >= 11 is 4.78. The summed E-state index contributed by atoms with van der Waals surface area (Å²) in [6.07, 6.45) is -2.58. The third-order valence-corrected chi connectivity index (χ3v) is 6.02. The molecule has 2 aromatic carbocycles. The molecule has 0 aliphatic carbocycles. The number of halogens is 4. The first-order valence-corrected chi connectivity index (χ1v) is 11.1. The molecule has 2 N–H and O–H groups in total. The van der Waals surface area contributed by atoms with E-state index >= 15 is 0 Å². The van der Waals surface area contributed by atoms with Crippen molar-refractivity contribution in [3.05, 3.63) is 92.7 Å². The van der Waals surface area contributed by atoms with Gasteiger partial charge >= 0.3 is 6.18 Å². The molecule has 3 aromatic rings. The number of hydrogen-bond donors (Lipinski definition) is 1. The molecule has 0 spiro atoms. The standard InChI is InChI=1S/C24H19BrF3NO2S/c1-15(23(30)24(26,27)28)11-17(13-29)22-19(9-10-32-22)20-12-18(25)7-8-21(20)31-14-16-5-3-2-4-6-16/h2-13H,14,29H2,1H3/b15-11+,17-13+. The highest BCUT2D eigenvalue weighted by Crippen LogP contribution is 2.40. The van der Waals surface area contributed by atoms with Crippen molar-refractivity contribution in [2.45, 2.75) is 19.7 Å². The van der Waals surface area contributed by atoms with E-state index in [2.05, 4.69) is 15.9 Å². The van der Waals surface area contributed by atoms with Crippen LogP contribution in [0.2, 0.25) is 0 Å². The van der Waals surface area contributed by atoms with Crippen molar-refractivity contribution in [1.29, 1.82) is 0 Å². The van der Waals surface area contributed by atoms with Gasteiger partial charge in [-0.3, -0.25) is 4.79 Å². The Morgan fingerprint density at radius 2 is 1.84 bits per heavy atom. The molecule has 0 aliphatic rings. The van der Waals surface area contributed by atoms with Crippen molar-refractivity contribution < 1.29 is 22.7 Å². The molecular weight excluding hydrogens is 503 g/mol. The number of carbonyl (C=O) groups excluding carboxylic acids is 1. The molecule has 3 rings (SSSR count). The zero-order chi connectivity index (χ0) is 23.3. The van der Waals surface area contributed by atoms with E-state index in [0.717, 1.165) is 34.2 Å². The SMILES string of the molecule is C/C(=C\C(=C/N)c1sccc1-c1cc(Br)ccc1OCc1ccccc1)C(=O)C(F)(F)F. The first kappa shape index (κ1) is 23.8. The Kier molecular flexibility index (Phi) is 7.58. The molecule has 32 heavy (non-hydrogen) atoms. The van der Waals surface area contributed by atoms with E-state index in [4.69, 9.17) is 10.5 Å². The fraction of sp³-hybridized carbons (Fsp3) is 0.125. The Morgan fingerprint density at radius 1 is 1.12 bits per heavy atom. The van der Waals surface area contributed by atoms with Gasteiger partial charge in [0, 0.05) is 37.8 Å². The largest absolute Gasteiger partial charge is 0.488 e. The Labute approximate surface area is 196 Å². The minimum Gasteiger partial charge on any atom is -0.488 e. The lowest BCUT2D eigenvalue weighted by atomic mass is 10.0. The van der Waals surface area contributed by atoms with Crippen LogP contribution < -0.4 is 10.5 Å². The van der Waals surface area contributed by atoms with Crippen LogP contribution in [0.15, 0.2) is 82.3 Å². The molecule has 0 aliphatic heterocycles. The van der Waals surface area contributed by atoms with Gasteiger partial charge in [0.1, 0.15) is 12.4 Å². The van der Waals surface area contributed by atoms with Gasteiger partial charge in [-0.2, -0.15) is 13.2 Å². The minimum absolute atomic E-state index is 0.319. The lowest BCUT2D eigenvalue weighted by Crippen LogP contribution is -2.23. The summed E-state index contributed by atoms with van der Waals surface area (Å²) in [6.45, 7) is 1.48. The Bertz CT molecular complexity index is 1170. The first-order valence-electron chi connectivity index (χ1n) is 9.47. The molecule has 0 atom stereocenters. The monoisotopic (exact) mass is 521 g/mol. The van der Waals surface area contributed by atoms with Crippen molar-refractivity contribution in [2.24, 2.45) is 5.73 Å². The molecule has 3 nitrogen and oxygen atoms in total. The van der Waals surface area contributed by atoms with E-state index in [0.29, 0.717) is 22.8 Å². The molecule has 0 unspecified atom stereocenters. The van der Waals surface area contributed by atoms with Crippen molar-refractivity contribution >= 4 is 38.6 Å². The van der Waals surface area contributed by atoms with E-state index in [9.17, 15) is 18.0 Å². The topological polar surface area (TPSA) is 52.3 Å². The molecule has 0 radical (unpaired) electrons. The van der Waals surface area contributed by atoms with Crippen LogP contribution in [0.4, 0.5) is 13.2 Å². The van der Waals surface area contributed by atoms with Gasteiger partial charge in [-0.15, -0.1) is 11.3 Å². The lowest BCUT2D eigenvalue weighted by Gasteiger charge is -2.14. The van der Waals surface area contributed by atoms with Gasteiger partial charge in [0.15, 0.2) is 0 Å². The molecule has 0 fully saturated rings. The van der Waals surface area contributed by atoms with E-state index in [-0.39, 0.29) is 0 Å². The highest BCUT2D eigenvalue weighted by Gasteiger charge is 2.39. The van der Waals surface area contributed by atoms with Crippen molar-refractivity contribution in [3.63, 3.8) is 0 Å². The molecular formula is C24H19BrF3NO2S. The summed E-state index contributed by atoms with van der Waals surface area (Å²) in [6, 6.07) is 17.1. The summed E-state index contributed by atoms with van der Waals surface area (Å²) in [5.41, 5.74) is 8.10. The summed E-state index contributed by atoms with van der Waals surface area (Å²) in [7, 11) is 0. The summed E-state index contributed by atoms with van der Waals surface area (Å²) in [5.74, 6) is -1.29. The van der Waals surface area contributed by atoms with Crippen molar-refractivity contribution in [1.82, 2.24) is 0 Å². The zero-order valence-electron chi connectivity index (χ0n) is 16.9. The van der Waals surface area contributed by atoms with Gasteiger partial charge in [0.25, 0.3) is 5.78 Å². The lowest BCUT2D eigenvalue weighted by molar-refractivity contribution is -0.166. The summed E-state index contributed by atoms with van der Waals surface area (Å²) in [4.78, 5) is 12.2. The average molecular weight is 522 g/mol. The predicted molar refractivity (Wildman–Crippen MR) is 125 cm³/mol. The van der Waals surface area contributed by atoms with Crippen molar-refractivity contribution in [2.75, 3.05) is 0 Å². The number of thiophene rings is 1. The molecule has 1 heterocycles. The zero-order valence-corrected chi connectivity index (χ0v) is 19.4. The van der Waals surface area contributed by atoms with Gasteiger partial charge in [-0.05, 0) is 48.2 Å². The normalized spacial score (nSPS) is 12.7. The first-order chi connectivity index (χ1) is 15.2. The van der Waals surface area contributed by atoms with Crippen LogP contribution in [0.3, 0.4) is 0 Å². The van der Waals surface area contributed by atoms with Crippen LogP contribution >= 0.6 is 27.3 Å². The van der Waals surface area contributed by atoms with Crippen molar-refractivity contribution in [3.8, 4) is 16.9 Å². The Morgan fingerprint density at radius 3 is 2.50 bits per heavy atom. The maximum atomic E-state index is 12.8. The van der Waals surface area contributed by atoms with Crippen LogP contribution in [0, 0.1) is 0 Å². The fourth-order valence-corrected chi connectivity index (χ4v) is 4.30. The predicted octanol–water partition coefficient (Wildman–Crippen LogP) is 7.13. The van der Waals surface area contributed by atoms with Gasteiger partial charge in [0.05, 0.1) is 0 Å². The van der Waals surface area contributed by atoms with Gasteiger partial charge < -0.3 is 10.5 Å². The number of ketones is 1. The number of carbonyl (C=O) groups is 1. The molecule has 0 saturated carbocycles. The number of allylic oxidation sites excluding steroid dienone is 3. The highest BCUT2D eigenvalue weighted by molar-refractivity contribution is 9.10. The van der Waals surface area contributed by atoms with Gasteiger partial charge in [-0.1, -0.05) is 46.3 Å². The summed E-state index contributed by atoms with van der Waals surface area (Å²) in [5, 5.41) is 1.81. The average Bonchev–Trinajstić information content (AvgIpc) is 3.25. The number of benzene rings is 2. The summed E-state index contributed by atoms with van der Waals surface area (Å²) < 4.78 is 45.3. The number of alkyl halides is 3. The van der Waals surface area contributed by atoms with Crippen LogP contribution in [0.1, 0.15) is 17.4 Å². The highest BCUT2D eigenvalue weighted by atomic mass is 79.9. The fourth-order valence-electron chi connectivity index (χ4n) is 3.03. The second-order valence-electron chi connectivity index (χ2n) is 6.85. The molecule has 0 bridgehead atoms. The van der Waals surface area contributed by atoms with Crippen LogP contribution in [-0.2, 0) is 11.4 Å². The number of rotatable bonds is 7. The van der Waals surface area contributed by atoms with Crippen LogP contribution in [0.25, 0.3) is 16.7 Å². The molecule has 8 heteroatoms. The minimum atomic E-state index is -4.94. The van der Waals surface area contributed by atoms with E-state index < -0.39 is 17.5 Å². The third-order valence-electron chi connectivity index (χ3n) is 4.56. The van der Waals surface area contributed by atoms with Crippen LogP contribution in [-0.4, -0.2) is 12.0 Å². The molecule has 1 aromatic heterocycles. The van der Waals surface area contributed by atoms with Gasteiger partial charge in [0.2, 0.25) is 0 Å². The Balaban J connectivity index is 1.98. The third kappa shape index (κ3) is 5.69. The van der Waals surface area contributed by atoms with E-state index in [1.807, 2.05) is 60.0 Å². The molecule has 0 saturated heterocycles. The second kappa shape index (κ2) is 10.2. The van der Waals surface area contributed by atoms with Gasteiger partial charge in [-0.25, -0.2) is 0 Å². The van der Waals surface area contributed by atoms with E-state index in [1.54, 1.807) is 0 Å². The smallest absolute Gasteiger partial charge is 0.454 e. The number of Topliss-reactive ketones (excluding diaryl/α,β-unsaturated/α-hetero) is 1. The van der Waals surface area contributed by atoms with E-state index in [1.165, 1.54) is 17.5 Å². The van der Waals surface area contributed by atoms with Crippen LogP contribution in [0.5, 0.6) is 5.75 Å².